The molecule has 4 nitrogen and oxygen atoms in total. The molecule has 1 aromatic carbocycles. The smallest absolute Gasteiger partial charge is 0.227 e. The maximum Gasteiger partial charge on any atom is 0.227 e. The molecule has 2 aliphatic rings. The Morgan fingerprint density at radius 2 is 1.80 bits per heavy atom. The number of carbonyl (C=O) groups is 1. The summed E-state index contributed by atoms with van der Waals surface area (Å²) in [5.41, 5.74) is 8.44. The van der Waals surface area contributed by atoms with E-state index in [1.54, 1.807) is 0 Å². The zero-order valence-electron chi connectivity index (χ0n) is 15.1. The number of fused-ring (bicyclic) bond motifs is 1. The third-order valence-electron chi connectivity index (χ3n) is 5.60. The number of para-hydroxylation sites is 1. The summed E-state index contributed by atoms with van der Waals surface area (Å²) in [4.78, 5) is 17.4. The van der Waals surface area contributed by atoms with Gasteiger partial charge in [-0.2, -0.15) is 0 Å². The second kappa shape index (κ2) is 9.77. The number of hydrogen-bond acceptors (Lipinski definition) is 3. The minimum Gasteiger partial charge on any atom is -0.330 e. The summed E-state index contributed by atoms with van der Waals surface area (Å²) in [6, 6.07) is 8.31. The normalized spacial score (nSPS) is 19.8. The molecule has 1 aromatic rings. The van der Waals surface area contributed by atoms with Crippen LogP contribution in [0.4, 0.5) is 5.69 Å². The molecule has 1 fully saturated rings. The van der Waals surface area contributed by atoms with Crippen molar-refractivity contribution in [1.29, 1.82) is 0 Å². The number of amides is 1. The van der Waals surface area contributed by atoms with Crippen molar-refractivity contribution in [1.82, 2.24) is 4.90 Å². The topological polar surface area (TPSA) is 49.6 Å². The van der Waals surface area contributed by atoms with E-state index in [1.807, 2.05) is 11.0 Å². The summed E-state index contributed by atoms with van der Waals surface area (Å²) in [6.45, 7) is 3.22. The van der Waals surface area contributed by atoms with Gasteiger partial charge in [0.05, 0.1) is 0 Å². The molecule has 1 saturated carbocycles. The summed E-state index contributed by atoms with van der Waals surface area (Å²) in [7, 11) is 2.12. The minimum atomic E-state index is 0. The molecular weight excluding hydrogens is 357 g/mol. The number of hydrogen-bond donors (Lipinski definition) is 1. The average molecular weight is 388 g/mol. The van der Waals surface area contributed by atoms with Crippen LogP contribution >= 0.6 is 24.8 Å². The van der Waals surface area contributed by atoms with Gasteiger partial charge in [0.15, 0.2) is 0 Å². The quantitative estimate of drug-likeness (QED) is 0.861. The summed E-state index contributed by atoms with van der Waals surface area (Å²) in [5, 5.41) is 0. The van der Waals surface area contributed by atoms with Gasteiger partial charge in [0.25, 0.3) is 0 Å². The van der Waals surface area contributed by atoms with Crippen LogP contribution in [0.15, 0.2) is 24.3 Å². The lowest BCUT2D eigenvalue weighted by molar-refractivity contribution is -0.121. The first-order valence-corrected chi connectivity index (χ1v) is 8.90. The lowest BCUT2D eigenvalue weighted by atomic mass is 9.71. The Bertz CT molecular complexity index is 561. The fraction of sp³-hybridized carbons (Fsp3) is 0.632. The highest BCUT2D eigenvalue weighted by Gasteiger charge is 2.35. The Balaban J connectivity index is 0.00000156. The van der Waals surface area contributed by atoms with E-state index in [-0.39, 0.29) is 36.1 Å². The zero-order valence-corrected chi connectivity index (χ0v) is 16.7. The van der Waals surface area contributed by atoms with Gasteiger partial charge in [-0.15, -0.1) is 24.8 Å². The zero-order chi connectivity index (χ0) is 16.3. The van der Waals surface area contributed by atoms with Crippen molar-refractivity contribution >= 4 is 36.4 Å². The molecule has 0 saturated heterocycles. The predicted octanol–water partition coefficient (Wildman–Crippen LogP) is 3.61. The van der Waals surface area contributed by atoms with E-state index in [9.17, 15) is 4.79 Å². The van der Waals surface area contributed by atoms with E-state index >= 15 is 0 Å². The molecule has 142 valence electrons. The Hall–Kier alpha value is -0.810. The Kier molecular flexibility index (Phi) is 8.69. The second-order valence-corrected chi connectivity index (χ2v) is 7.35. The van der Waals surface area contributed by atoms with Crippen molar-refractivity contribution in [3.8, 4) is 0 Å². The first-order valence-electron chi connectivity index (χ1n) is 8.90. The lowest BCUT2D eigenvalue weighted by Crippen LogP contribution is -2.42. The van der Waals surface area contributed by atoms with Crippen LogP contribution in [-0.4, -0.2) is 37.5 Å². The monoisotopic (exact) mass is 387 g/mol. The van der Waals surface area contributed by atoms with Crippen LogP contribution in [-0.2, 0) is 11.3 Å². The molecular formula is C19H31Cl2N3O. The largest absolute Gasteiger partial charge is 0.330 e. The predicted molar refractivity (Wildman–Crippen MR) is 109 cm³/mol. The number of anilines is 1. The lowest BCUT2D eigenvalue weighted by Gasteiger charge is -2.37. The highest BCUT2D eigenvalue weighted by Crippen LogP contribution is 2.39. The van der Waals surface area contributed by atoms with Crippen LogP contribution in [0.5, 0.6) is 0 Å². The minimum absolute atomic E-state index is 0. The SMILES string of the molecule is CN1CCN(C(=O)CC2(CN)CCCCC2)c2ccccc2C1.Cl.Cl. The van der Waals surface area contributed by atoms with Crippen LogP contribution < -0.4 is 10.6 Å². The highest BCUT2D eigenvalue weighted by molar-refractivity contribution is 5.94. The van der Waals surface area contributed by atoms with Crippen molar-refractivity contribution in [3.63, 3.8) is 0 Å². The number of carbonyl (C=O) groups excluding carboxylic acids is 1. The summed E-state index contributed by atoms with van der Waals surface area (Å²) in [6.07, 6.45) is 6.51. The van der Waals surface area contributed by atoms with Gasteiger partial charge in [0, 0.05) is 31.7 Å². The standard InChI is InChI=1S/C19H29N3O.2ClH/c1-21-11-12-22(17-8-4-3-7-16(17)14-21)18(23)13-19(15-20)9-5-2-6-10-19;;/h3-4,7-8H,2,5-6,9-15,20H2,1H3;2*1H. The van der Waals surface area contributed by atoms with E-state index in [2.05, 4.69) is 30.1 Å². The average Bonchev–Trinajstić information content (AvgIpc) is 2.74. The molecule has 0 unspecified atom stereocenters. The van der Waals surface area contributed by atoms with Crippen LogP contribution in [0.1, 0.15) is 44.1 Å². The van der Waals surface area contributed by atoms with E-state index in [4.69, 9.17) is 5.73 Å². The first kappa shape index (κ1) is 22.2. The van der Waals surface area contributed by atoms with Gasteiger partial charge < -0.3 is 15.5 Å². The second-order valence-electron chi connectivity index (χ2n) is 7.35. The summed E-state index contributed by atoms with van der Waals surface area (Å²) in [5.74, 6) is 0.250. The first-order chi connectivity index (χ1) is 11.1. The fourth-order valence-corrected chi connectivity index (χ4v) is 4.10. The Labute approximate surface area is 163 Å². The summed E-state index contributed by atoms with van der Waals surface area (Å²) >= 11 is 0. The third-order valence-corrected chi connectivity index (χ3v) is 5.60. The number of benzene rings is 1. The van der Waals surface area contributed by atoms with Crippen LogP contribution in [0.2, 0.25) is 0 Å². The molecule has 0 radical (unpaired) electrons. The fourth-order valence-electron chi connectivity index (χ4n) is 4.10. The van der Waals surface area contributed by atoms with Gasteiger partial charge >= 0.3 is 0 Å². The number of likely N-dealkylation sites (N-methyl/N-ethyl adjacent to an activating group) is 1. The van der Waals surface area contributed by atoms with E-state index in [1.165, 1.54) is 24.8 Å². The molecule has 25 heavy (non-hydrogen) atoms. The van der Waals surface area contributed by atoms with Crippen molar-refractivity contribution in [2.24, 2.45) is 11.1 Å². The number of halogens is 2. The molecule has 0 spiro atoms. The van der Waals surface area contributed by atoms with E-state index in [0.29, 0.717) is 13.0 Å². The number of rotatable bonds is 3. The van der Waals surface area contributed by atoms with Gasteiger partial charge in [0.2, 0.25) is 5.91 Å². The molecule has 6 heteroatoms. The number of nitrogens with two attached hydrogens (primary N) is 1. The van der Waals surface area contributed by atoms with Crippen LogP contribution in [0.3, 0.4) is 0 Å². The Morgan fingerprint density at radius 3 is 2.48 bits per heavy atom. The maximum absolute atomic E-state index is 13.1. The van der Waals surface area contributed by atoms with Gasteiger partial charge in [-0.05, 0) is 43.5 Å². The Morgan fingerprint density at radius 1 is 1.12 bits per heavy atom. The molecule has 0 atom stereocenters. The molecule has 3 rings (SSSR count). The summed E-state index contributed by atoms with van der Waals surface area (Å²) < 4.78 is 0. The van der Waals surface area contributed by atoms with Crippen LogP contribution in [0.25, 0.3) is 0 Å². The molecule has 1 aliphatic carbocycles. The highest BCUT2D eigenvalue weighted by atomic mass is 35.5. The molecule has 0 bridgehead atoms. The van der Waals surface area contributed by atoms with Gasteiger partial charge in [0.1, 0.15) is 0 Å². The van der Waals surface area contributed by atoms with Gasteiger partial charge in [-0.25, -0.2) is 0 Å². The molecule has 0 aromatic heterocycles. The van der Waals surface area contributed by atoms with Crippen molar-refractivity contribution < 1.29 is 4.79 Å². The molecule has 1 amide bonds. The van der Waals surface area contributed by atoms with E-state index < -0.39 is 0 Å². The van der Waals surface area contributed by atoms with Gasteiger partial charge in [-0.3, -0.25) is 4.79 Å². The molecule has 2 N–H and O–H groups in total. The third kappa shape index (κ3) is 5.10. The maximum atomic E-state index is 13.1. The van der Waals surface area contributed by atoms with Crippen molar-refractivity contribution in [2.75, 3.05) is 31.6 Å². The van der Waals surface area contributed by atoms with Gasteiger partial charge in [-0.1, -0.05) is 37.5 Å². The van der Waals surface area contributed by atoms with Crippen LogP contribution in [0, 0.1) is 5.41 Å². The molecule has 1 heterocycles. The number of nitrogens with zero attached hydrogens (tertiary/aromatic N) is 2. The van der Waals surface area contributed by atoms with Crippen molar-refractivity contribution in [3.05, 3.63) is 29.8 Å². The molecule has 1 aliphatic heterocycles. The van der Waals surface area contributed by atoms with Crippen molar-refractivity contribution in [2.45, 2.75) is 45.1 Å². The van der Waals surface area contributed by atoms with E-state index in [0.717, 1.165) is 38.2 Å².